The van der Waals surface area contributed by atoms with E-state index in [0.29, 0.717) is 5.56 Å². The van der Waals surface area contributed by atoms with Crippen LogP contribution in [0.2, 0.25) is 0 Å². The molecule has 0 atom stereocenters. The zero-order chi connectivity index (χ0) is 18.8. The second-order valence-electron chi connectivity index (χ2n) is 5.50. The molecule has 3 rings (SSSR count). The van der Waals surface area contributed by atoms with Gasteiger partial charge in [0, 0.05) is 0 Å². The summed E-state index contributed by atoms with van der Waals surface area (Å²) >= 11 is 0. The molecule has 0 unspecified atom stereocenters. The number of aromatic nitrogens is 2. The van der Waals surface area contributed by atoms with Crippen molar-refractivity contribution in [2.45, 2.75) is 20.4 Å². The summed E-state index contributed by atoms with van der Waals surface area (Å²) < 4.78 is 25.3. The Bertz CT molecular complexity index is 1110. The smallest absolute Gasteiger partial charge is 0.342 e. The van der Waals surface area contributed by atoms with Crippen LogP contribution in [0.3, 0.4) is 0 Å². The van der Waals surface area contributed by atoms with E-state index in [1.807, 2.05) is 0 Å². The van der Waals surface area contributed by atoms with Gasteiger partial charge in [0.2, 0.25) is 5.71 Å². The lowest BCUT2D eigenvalue weighted by Gasteiger charge is -2.08. The summed E-state index contributed by atoms with van der Waals surface area (Å²) in [5.41, 5.74) is -0.315. The van der Waals surface area contributed by atoms with E-state index in [2.05, 4.69) is 4.98 Å². The van der Waals surface area contributed by atoms with Crippen LogP contribution >= 0.6 is 0 Å². The molecule has 0 aliphatic rings. The molecule has 0 fully saturated rings. The lowest BCUT2D eigenvalue weighted by Crippen LogP contribution is -2.23. The molecule has 0 N–H and O–H groups in total. The van der Waals surface area contributed by atoms with Gasteiger partial charge in [-0.1, -0.05) is 12.1 Å². The molecule has 0 spiro atoms. The molecule has 0 bridgehead atoms. The fraction of sp³-hybridized carbons (Fsp3) is 0.222. The predicted molar refractivity (Wildman–Crippen MR) is 89.2 cm³/mol. The number of carbonyl (C=O) groups is 1. The molecule has 0 aliphatic carbocycles. The van der Waals surface area contributed by atoms with Crippen molar-refractivity contribution in [1.82, 2.24) is 9.55 Å². The van der Waals surface area contributed by atoms with E-state index >= 15 is 0 Å². The zero-order valence-corrected chi connectivity index (χ0v) is 14.1. The predicted octanol–water partition coefficient (Wildman–Crippen LogP) is 2.53. The number of hydrogen-bond acceptors (Lipinski definition) is 6. The summed E-state index contributed by atoms with van der Waals surface area (Å²) in [7, 11) is 0. The Kier molecular flexibility index (Phi) is 4.54. The van der Waals surface area contributed by atoms with Crippen LogP contribution in [0.5, 0.6) is 0 Å². The SMILES string of the molecule is CCOC(=O)c1c(C)oc2ncn(Cc3cccc(F)c3C#N)c(=O)c12. The van der Waals surface area contributed by atoms with Gasteiger partial charge in [0.25, 0.3) is 5.56 Å². The first-order valence-corrected chi connectivity index (χ1v) is 7.81. The van der Waals surface area contributed by atoms with E-state index in [-0.39, 0.29) is 41.1 Å². The topological polar surface area (TPSA) is 98.1 Å². The number of hydrogen-bond donors (Lipinski definition) is 0. The van der Waals surface area contributed by atoms with Crippen molar-refractivity contribution >= 4 is 17.1 Å². The van der Waals surface area contributed by atoms with Crippen molar-refractivity contribution in [3.8, 4) is 6.07 Å². The third-order valence-electron chi connectivity index (χ3n) is 3.89. The molecule has 132 valence electrons. The van der Waals surface area contributed by atoms with Gasteiger partial charge in [0.15, 0.2) is 0 Å². The first-order chi connectivity index (χ1) is 12.5. The van der Waals surface area contributed by atoms with Crippen LogP contribution < -0.4 is 5.56 Å². The molecule has 3 aromatic rings. The van der Waals surface area contributed by atoms with Crippen molar-refractivity contribution in [3.63, 3.8) is 0 Å². The number of nitrogens with zero attached hydrogens (tertiary/aromatic N) is 3. The molecule has 0 aliphatic heterocycles. The van der Waals surface area contributed by atoms with Gasteiger partial charge in [-0.3, -0.25) is 9.36 Å². The first-order valence-electron chi connectivity index (χ1n) is 7.81. The molecule has 2 aromatic heterocycles. The summed E-state index contributed by atoms with van der Waals surface area (Å²) in [5.74, 6) is -1.12. The Morgan fingerprint density at radius 3 is 2.92 bits per heavy atom. The van der Waals surface area contributed by atoms with E-state index in [0.717, 1.165) is 0 Å². The number of nitriles is 1. The summed E-state index contributed by atoms with van der Waals surface area (Å²) in [6, 6.07) is 5.96. The third kappa shape index (κ3) is 2.84. The van der Waals surface area contributed by atoms with E-state index < -0.39 is 17.3 Å². The number of ether oxygens (including phenoxy) is 1. The highest BCUT2D eigenvalue weighted by molar-refractivity contribution is 6.03. The zero-order valence-electron chi connectivity index (χ0n) is 14.1. The van der Waals surface area contributed by atoms with Crippen molar-refractivity contribution in [2.75, 3.05) is 6.61 Å². The largest absolute Gasteiger partial charge is 0.462 e. The fourth-order valence-corrected chi connectivity index (χ4v) is 2.71. The molecule has 0 amide bonds. The minimum absolute atomic E-state index is 0.00152. The number of fused-ring (bicyclic) bond motifs is 1. The monoisotopic (exact) mass is 355 g/mol. The quantitative estimate of drug-likeness (QED) is 0.667. The van der Waals surface area contributed by atoms with E-state index in [1.165, 1.54) is 30.0 Å². The Hall–Kier alpha value is -3.47. The number of halogens is 1. The number of carbonyl (C=O) groups excluding carboxylic acids is 1. The first kappa shape index (κ1) is 17.4. The maximum absolute atomic E-state index is 13.8. The number of rotatable bonds is 4. The maximum atomic E-state index is 13.8. The standard InChI is InChI=1S/C18H14FN3O4/c1-3-25-18(24)14-10(2)26-16-15(14)17(23)22(9-21-16)8-11-5-4-6-13(19)12(11)7-20/h4-6,9H,3,8H2,1-2H3. The van der Waals surface area contributed by atoms with Gasteiger partial charge in [-0.2, -0.15) is 5.26 Å². The van der Waals surface area contributed by atoms with Crippen molar-refractivity contribution in [3.05, 3.63) is 63.1 Å². The Morgan fingerprint density at radius 2 is 2.23 bits per heavy atom. The van der Waals surface area contributed by atoms with Crippen LogP contribution in [-0.4, -0.2) is 22.1 Å². The molecule has 0 saturated carbocycles. The van der Waals surface area contributed by atoms with Gasteiger partial charge in [-0.05, 0) is 25.5 Å². The Balaban J connectivity index is 2.15. The van der Waals surface area contributed by atoms with Gasteiger partial charge in [0.1, 0.15) is 34.9 Å². The van der Waals surface area contributed by atoms with Gasteiger partial charge in [0.05, 0.1) is 18.7 Å². The van der Waals surface area contributed by atoms with Crippen LogP contribution in [0.4, 0.5) is 4.39 Å². The van der Waals surface area contributed by atoms with Gasteiger partial charge < -0.3 is 9.15 Å². The Morgan fingerprint density at radius 1 is 1.46 bits per heavy atom. The van der Waals surface area contributed by atoms with Crippen LogP contribution in [0.25, 0.3) is 11.1 Å². The van der Waals surface area contributed by atoms with Crippen LogP contribution in [-0.2, 0) is 11.3 Å². The summed E-state index contributed by atoms with van der Waals surface area (Å²) in [5, 5.41) is 9.13. The maximum Gasteiger partial charge on any atom is 0.342 e. The molecular formula is C18H14FN3O4. The second kappa shape index (κ2) is 6.80. The molecule has 8 heteroatoms. The molecule has 2 heterocycles. The van der Waals surface area contributed by atoms with Crippen LogP contribution in [0.15, 0.2) is 33.7 Å². The minimum atomic E-state index is -0.677. The number of furan rings is 1. The molecule has 0 saturated heterocycles. The van der Waals surface area contributed by atoms with Crippen molar-refractivity contribution < 1.29 is 18.3 Å². The van der Waals surface area contributed by atoms with Gasteiger partial charge >= 0.3 is 5.97 Å². The highest BCUT2D eigenvalue weighted by Gasteiger charge is 2.24. The second-order valence-corrected chi connectivity index (χ2v) is 5.50. The number of benzene rings is 1. The summed E-state index contributed by atoms with van der Waals surface area (Å²) in [6.07, 6.45) is 1.23. The van der Waals surface area contributed by atoms with E-state index in [1.54, 1.807) is 19.1 Å². The van der Waals surface area contributed by atoms with Crippen molar-refractivity contribution in [2.24, 2.45) is 0 Å². The molecule has 0 radical (unpaired) electrons. The normalized spacial score (nSPS) is 10.7. The number of aryl methyl sites for hydroxylation is 1. The van der Waals surface area contributed by atoms with Crippen LogP contribution in [0, 0.1) is 24.1 Å². The van der Waals surface area contributed by atoms with Gasteiger partial charge in [-0.25, -0.2) is 14.2 Å². The highest BCUT2D eigenvalue weighted by atomic mass is 19.1. The molecular weight excluding hydrogens is 341 g/mol. The van der Waals surface area contributed by atoms with Crippen LogP contribution in [0.1, 0.15) is 34.2 Å². The third-order valence-corrected chi connectivity index (χ3v) is 3.89. The summed E-state index contributed by atoms with van der Waals surface area (Å²) in [4.78, 5) is 29.0. The van der Waals surface area contributed by atoms with E-state index in [9.17, 15) is 14.0 Å². The average Bonchev–Trinajstić information content (AvgIpc) is 2.95. The highest BCUT2D eigenvalue weighted by Crippen LogP contribution is 2.22. The van der Waals surface area contributed by atoms with Gasteiger partial charge in [-0.15, -0.1) is 0 Å². The summed E-state index contributed by atoms with van der Waals surface area (Å²) in [6.45, 7) is 3.26. The lowest BCUT2D eigenvalue weighted by atomic mass is 10.1. The van der Waals surface area contributed by atoms with Crippen molar-refractivity contribution in [1.29, 1.82) is 5.26 Å². The minimum Gasteiger partial charge on any atom is -0.462 e. The molecule has 1 aromatic carbocycles. The fourth-order valence-electron chi connectivity index (χ4n) is 2.71. The molecule has 26 heavy (non-hydrogen) atoms. The average molecular weight is 355 g/mol. The number of esters is 1. The lowest BCUT2D eigenvalue weighted by molar-refractivity contribution is 0.0526. The Labute approximate surface area is 147 Å². The molecule has 7 nitrogen and oxygen atoms in total. The van der Waals surface area contributed by atoms with E-state index in [4.69, 9.17) is 14.4 Å².